The molecular formula is C13H19N3O. The second-order valence-corrected chi connectivity index (χ2v) is 4.25. The Bertz CT molecular complexity index is 490. The lowest BCUT2D eigenvalue weighted by Crippen LogP contribution is -2.14. The number of ether oxygens (including phenoxy) is 1. The highest BCUT2D eigenvalue weighted by molar-refractivity contribution is 5.76. The summed E-state index contributed by atoms with van der Waals surface area (Å²) >= 11 is 0. The van der Waals surface area contributed by atoms with Crippen molar-refractivity contribution < 1.29 is 4.74 Å². The van der Waals surface area contributed by atoms with Gasteiger partial charge in [0.05, 0.1) is 17.1 Å². The summed E-state index contributed by atoms with van der Waals surface area (Å²) in [4.78, 5) is 4.59. The molecule has 1 unspecified atom stereocenters. The van der Waals surface area contributed by atoms with Crippen LogP contribution in [0.4, 0.5) is 0 Å². The SMILES string of the molecule is COCCCn1c(C(C)N)nc2ccccc21. The average molecular weight is 233 g/mol. The van der Waals surface area contributed by atoms with Crippen LogP contribution in [-0.2, 0) is 11.3 Å². The van der Waals surface area contributed by atoms with Crippen molar-refractivity contribution in [1.29, 1.82) is 0 Å². The molecule has 1 aromatic carbocycles. The standard InChI is InChI=1S/C13H19N3O/c1-10(14)13-15-11-6-3-4-7-12(11)16(13)8-5-9-17-2/h3-4,6-7,10H,5,8-9,14H2,1-2H3. The number of hydrogen-bond acceptors (Lipinski definition) is 3. The zero-order chi connectivity index (χ0) is 12.3. The quantitative estimate of drug-likeness (QED) is 0.804. The van der Waals surface area contributed by atoms with Crippen LogP contribution in [0.5, 0.6) is 0 Å². The van der Waals surface area contributed by atoms with Gasteiger partial charge in [0.15, 0.2) is 0 Å². The lowest BCUT2D eigenvalue weighted by atomic mass is 10.3. The van der Waals surface area contributed by atoms with E-state index in [0.717, 1.165) is 36.4 Å². The van der Waals surface area contributed by atoms with Gasteiger partial charge in [0.2, 0.25) is 0 Å². The minimum atomic E-state index is -0.0510. The monoisotopic (exact) mass is 233 g/mol. The van der Waals surface area contributed by atoms with Crippen molar-refractivity contribution in [2.24, 2.45) is 5.73 Å². The largest absolute Gasteiger partial charge is 0.385 e. The molecule has 0 aliphatic carbocycles. The van der Waals surface area contributed by atoms with Gasteiger partial charge in [-0.3, -0.25) is 0 Å². The molecule has 2 rings (SSSR count). The second-order valence-electron chi connectivity index (χ2n) is 4.25. The Kier molecular flexibility index (Phi) is 3.76. The molecule has 0 amide bonds. The van der Waals surface area contributed by atoms with Gasteiger partial charge in [-0.25, -0.2) is 4.98 Å². The fourth-order valence-corrected chi connectivity index (χ4v) is 2.04. The summed E-state index contributed by atoms with van der Waals surface area (Å²) in [5, 5.41) is 0. The third kappa shape index (κ3) is 2.48. The Hall–Kier alpha value is -1.39. The van der Waals surface area contributed by atoms with Gasteiger partial charge in [-0.15, -0.1) is 0 Å². The number of hydrogen-bond donors (Lipinski definition) is 1. The molecule has 0 saturated carbocycles. The van der Waals surface area contributed by atoms with Crippen molar-refractivity contribution in [3.63, 3.8) is 0 Å². The smallest absolute Gasteiger partial charge is 0.126 e. The molecule has 4 heteroatoms. The molecule has 0 fully saturated rings. The number of aromatic nitrogens is 2. The normalized spacial score (nSPS) is 13.1. The zero-order valence-corrected chi connectivity index (χ0v) is 10.4. The van der Waals surface area contributed by atoms with Crippen molar-refractivity contribution in [3.8, 4) is 0 Å². The van der Waals surface area contributed by atoms with E-state index in [-0.39, 0.29) is 6.04 Å². The number of para-hydroxylation sites is 2. The Morgan fingerprint density at radius 2 is 2.18 bits per heavy atom. The Balaban J connectivity index is 2.37. The van der Waals surface area contributed by atoms with Crippen LogP contribution in [0.25, 0.3) is 11.0 Å². The third-order valence-corrected chi connectivity index (χ3v) is 2.82. The van der Waals surface area contributed by atoms with Gasteiger partial charge in [0.1, 0.15) is 5.82 Å². The number of imidazole rings is 1. The van der Waals surface area contributed by atoms with Crippen LogP contribution in [0.3, 0.4) is 0 Å². The molecule has 0 aliphatic heterocycles. The van der Waals surface area contributed by atoms with Crippen molar-refractivity contribution in [2.75, 3.05) is 13.7 Å². The van der Waals surface area contributed by atoms with Gasteiger partial charge in [0.25, 0.3) is 0 Å². The van der Waals surface area contributed by atoms with E-state index in [0.29, 0.717) is 0 Å². The summed E-state index contributed by atoms with van der Waals surface area (Å²) in [5.74, 6) is 0.947. The molecule has 0 bridgehead atoms. The van der Waals surface area contributed by atoms with E-state index < -0.39 is 0 Å². The number of fused-ring (bicyclic) bond motifs is 1. The molecule has 0 saturated heterocycles. The molecule has 0 spiro atoms. The highest BCUT2D eigenvalue weighted by Gasteiger charge is 2.12. The number of rotatable bonds is 5. The Morgan fingerprint density at radius 3 is 2.88 bits per heavy atom. The first-order valence-corrected chi connectivity index (χ1v) is 5.93. The van der Waals surface area contributed by atoms with Crippen LogP contribution in [0.1, 0.15) is 25.2 Å². The van der Waals surface area contributed by atoms with Gasteiger partial charge >= 0.3 is 0 Å². The summed E-state index contributed by atoms with van der Waals surface area (Å²) in [6.45, 7) is 3.62. The average Bonchev–Trinajstić information content (AvgIpc) is 2.69. The molecule has 2 aromatic rings. The van der Waals surface area contributed by atoms with Gasteiger partial charge in [-0.05, 0) is 25.5 Å². The number of aryl methyl sites for hydroxylation is 1. The van der Waals surface area contributed by atoms with Crippen molar-refractivity contribution in [2.45, 2.75) is 25.9 Å². The van der Waals surface area contributed by atoms with E-state index >= 15 is 0 Å². The summed E-state index contributed by atoms with van der Waals surface area (Å²) in [5.41, 5.74) is 8.13. The van der Waals surface area contributed by atoms with Crippen LogP contribution in [-0.4, -0.2) is 23.3 Å². The summed E-state index contributed by atoms with van der Waals surface area (Å²) in [6.07, 6.45) is 0.969. The number of methoxy groups -OCH3 is 1. The van der Waals surface area contributed by atoms with E-state index in [1.165, 1.54) is 0 Å². The van der Waals surface area contributed by atoms with Crippen molar-refractivity contribution >= 4 is 11.0 Å². The first-order valence-electron chi connectivity index (χ1n) is 5.93. The summed E-state index contributed by atoms with van der Waals surface area (Å²) in [7, 11) is 1.72. The molecule has 92 valence electrons. The lowest BCUT2D eigenvalue weighted by molar-refractivity contribution is 0.190. The maximum Gasteiger partial charge on any atom is 0.126 e. The highest BCUT2D eigenvalue weighted by atomic mass is 16.5. The van der Waals surface area contributed by atoms with Gasteiger partial charge < -0.3 is 15.0 Å². The predicted molar refractivity (Wildman–Crippen MR) is 68.8 cm³/mol. The fraction of sp³-hybridized carbons (Fsp3) is 0.462. The molecule has 1 aromatic heterocycles. The molecule has 2 N–H and O–H groups in total. The van der Waals surface area contributed by atoms with E-state index in [2.05, 4.69) is 15.6 Å². The van der Waals surface area contributed by atoms with Gasteiger partial charge in [0, 0.05) is 20.3 Å². The van der Waals surface area contributed by atoms with E-state index in [4.69, 9.17) is 10.5 Å². The molecule has 0 aliphatic rings. The third-order valence-electron chi connectivity index (χ3n) is 2.82. The van der Waals surface area contributed by atoms with Crippen LogP contribution < -0.4 is 5.73 Å². The lowest BCUT2D eigenvalue weighted by Gasteiger charge is -2.10. The maximum absolute atomic E-state index is 5.97. The van der Waals surface area contributed by atoms with Crippen LogP contribution >= 0.6 is 0 Å². The summed E-state index contributed by atoms with van der Waals surface area (Å²) in [6, 6.07) is 8.08. The fourth-order valence-electron chi connectivity index (χ4n) is 2.04. The van der Waals surface area contributed by atoms with Crippen LogP contribution in [0.2, 0.25) is 0 Å². The number of benzene rings is 1. The van der Waals surface area contributed by atoms with E-state index in [1.807, 2.05) is 25.1 Å². The minimum absolute atomic E-state index is 0.0510. The molecule has 0 radical (unpaired) electrons. The maximum atomic E-state index is 5.97. The molecule has 1 atom stereocenters. The first kappa shape index (κ1) is 12.1. The van der Waals surface area contributed by atoms with E-state index in [1.54, 1.807) is 7.11 Å². The predicted octanol–water partition coefficient (Wildman–Crippen LogP) is 2.09. The zero-order valence-electron chi connectivity index (χ0n) is 10.4. The topological polar surface area (TPSA) is 53.1 Å². The van der Waals surface area contributed by atoms with Crippen LogP contribution in [0.15, 0.2) is 24.3 Å². The molecule has 4 nitrogen and oxygen atoms in total. The molecule has 1 heterocycles. The summed E-state index contributed by atoms with van der Waals surface area (Å²) < 4.78 is 7.28. The number of nitrogens with zero attached hydrogens (tertiary/aromatic N) is 2. The Labute approximate surface area is 101 Å². The van der Waals surface area contributed by atoms with Gasteiger partial charge in [-0.1, -0.05) is 12.1 Å². The Morgan fingerprint density at radius 1 is 1.41 bits per heavy atom. The minimum Gasteiger partial charge on any atom is -0.385 e. The van der Waals surface area contributed by atoms with Crippen LogP contribution in [0, 0.1) is 0 Å². The molecular weight excluding hydrogens is 214 g/mol. The van der Waals surface area contributed by atoms with Crippen molar-refractivity contribution in [1.82, 2.24) is 9.55 Å². The first-order chi connectivity index (χ1) is 8.24. The second kappa shape index (κ2) is 5.29. The van der Waals surface area contributed by atoms with Gasteiger partial charge in [-0.2, -0.15) is 0 Å². The van der Waals surface area contributed by atoms with E-state index in [9.17, 15) is 0 Å². The van der Waals surface area contributed by atoms with Crippen molar-refractivity contribution in [3.05, 3.63) is 30.1 Å². The number of nitrogens with two attached hydrogens (primary N) is 1. The highest BCUT2D eigenvalue weighted by Crippen LogP contribution is 2.19. The molecule has 17 heavy (non-hydrogen) atoms.